The van der Waals surface area contributed by atoms with Crippen LogP contribution in [0.25, 0.3) is 0 Å². The molecular formula is C12H9BrO4. The van der Waals surface area contributed by atoms with E-state index in [2.05, 4.69) is 15.9 Å². The van der Waals surface area contributed by atoms with Gasteiger partial charge in [0.1, 0.15) is 18.1 Å². The molecule has 0 radical (unpaired) electrons. The van der Waals surface area contributed by atoms with Gasteiger partial charge in [-0.3, -0.25) is 0 Å². The average Bonchev–Trinajstić information content (AvgIpc) is 2.73. The fraction of sp³-hybridized carbons (Fsp3) is 0.0833. The van der Waals surface area contributed by atoms with Crippen LogP contribution < -0.4 is 4.74 Å². The van der Waals surface area contributed by atoms with Gasteiger partial charge in [-0.1, -0.05) is 6.07 Å². The first-order valence-electron chi connectivity index (χ1n) is 4.85. The maximum absolute atomic E-state index is 10.8. The van der Waals surface area contributed by atoms with Gasteiger partial charge in [0.25, 0.3) is 0 Å². The third kappa shape index (κ3) is 3.10. The monoisotopic (exact) mass is 296 g/mol. The number of carboxylic acids is 1. The minimum Gasteiger partial charge on any atom is -0.486 e. The van der Waals surface area contributed by atoms with Crippen molar-refractivity contribution in [1.82, 2.24) is 0 Å². The topological polar surface area (TPSA) is 59.7 Å². The van der Waals surface area contributed by atoms with E-state index in [-0.39, 0.29) is 12.2 Å². The third-order valence-electron chi connectivity index (χ3n) is 2.09. The molecule has 2 aromatic rings. The van der Waals surface area contributed by atoms with Gasteiger partial charge in [0, 0.05) is 0 Å². The molecule has 5 heteroatoms. The van der Waals surface area contributed by atoms with Gasteiger partial charge >= 0.3 is 5.97 Å². The van der Waals surface area contributed by atoms with Crippen LogP contribution in [0.4, 0.5) is 0 Å². The smallest absolute Gasteiger partial charge is 0.335 e. The minimum absolute atomic E-state index is 0.197. The Balaban J connectivity index is 2.04. The van der Waals surface area contributed by atoms with Crippen molar-refractivity contribution in [3.8, 4) is 5.75 Å². The van der Waals surface area contributed by atoms with Gasteiger partial charge in [-0.15, -0.1) is 0 Å². The molecule has 17 heavy (non-hydrogen) atoms. The van der Waals surface area contributed by atoms with Gasteiger partial charge in [-0.05, 0) is 46.3 Å². The zero-order chi connectivity index (χ0) is 12.3. The quantitative estimate of drug-likeness (QED) is 0.940. The fourth-order valence-corrected chi connectivity index (χ4v) is 1.64. The zero-order valence-electron chi connectivity index (χ0n) is 8.72. The molecule has 1 aromatic carbocycles. The maximum Gasteiger partial charge on any atom is 0.335 e. The van der Waals surface area contributed by atoms with Crippen molar-refractivity contribution in [2.24, 2.45) is 0 Å². The summed E-state index contributed by atoms with van der Waals surface area (Å²) in [6.07, 6.45) is 0. The number of carboxylic acid groups (broad SMARTS) is 1. The molecule has 88 valence electrons. The molecule has 0 atom stereocenters. The molecule has 0 aliphatic carbocycles. The van der Waals surface area contributed by atoms with Crippen LogP contribution in [0, 0.1) is 0 Å². The van der Waals surface area contributed by atoms with E-state index in [1.165, 1.54) is 12.1 Å². The van der Waals surface area contributed by atoms with Crippen molar-refractivity contribution < 1.29 is 19.1 Å². The summed E-state index contributed by atoms with van der Waals surface area (Å²) in [4.78, 5) is 10.8. The van der Waals surface area contributed by atoms with Crippen LogP contribution in [0.15, 0.2) is 45.5 Å². The number of benzene rings is 1. The van der Waals surface area contributed by atoms with Crippen molar-refractivity contribution >= 4 is 21.9 Å². The lowest BCUT2D eigenvalue weighted by Crippen LogP contribution is -1.98. The van der Waals surface area contributed by atoms with Gasteiger partial charge in [0.2, 0.25) is 0 Å². The first-order chi connectivity index (χ1) is 8.15. The Morgan fingerprint density at radius 3 is 2.82 bits per heavy atom. The number of carbonyl (C=O) groups is 1. The summed E-state index contributed by atoms with van der Waals surface area (Å²) in [5.41, 5.74) is 0.197. The van der Waals surface area contributed by atoms with Gasteiger partial charge in [-0.2, -0.15) is 0 Å². The van der Waals surface area contributed by atoms with Crippen LogP contribution in [-0.2, 0) is 6.61 Å². The lowest BCUT2D eigenvalue weighted by atomic mass is 10.2. The van der Waals surface area contributed by atoms with E-state index in [0.717, 1.165) is 0 Å². The number of halogens is 1. The molecule has 0 saturated carbocycles. The Kier molecular flexibility index (Phi) is 3.49. The molecule has 0 unspecified atom stereocenters. The number of aromatic carboxylic acids is 1. The van der Waals surface area contributed by atoms with E-state index in [0.29, 0.717) is 16.2 Å². The second-order valence-corrected chi connectivity index (χ2v) is 4.11. The Morgan fingerprint density at radius 1 is 1.35 bits per heavy atom. The second-order valence-electron chi connectivity index (χ2n) is 3.33. The number of rotatable bonds is 4. The molecule has 0 spiro atoms. The first kappa shape index (κ1) is 11.7. The molecule has 1 heterocycles. The number of hydrogen-bond donors (Lipinski definition) is 1. The molecule has 4 nitrogen and oxygen atoms in total. The van der Waals surface area contributed by atoms with E-state index in [1.807, 2.05) is 0 Å². The molecule has 0 amide bonds. The Morgan fingerprint density at radius 2 is 2.18 bits per heavy atom. The SMILES string of the molecule is O=C(O)c1cccc(OCc2ccc(Br)o2)c1. The highest BCUT2D eigenvalue weighted by atomic mass is 79.9. The summed E-state index contributed by atoms with van der Waals surface area (Å²) in [6.45, 7) is 0.259. The van der Waals surface area contributed by atoms with Crippen LogP contribution in [0.1, 0.15) is 16.1 Å². The summed E-state index contributed by atoms with van der Waals surface area (Å²) in [5, 5.41) is 8.82. The Labute approximate surface area is 106 Å². The standard InChI is InChI=1S/C12H9BrO4/c13-11-5-4-10(17-11)7-16-9-3-1-2-8(6-9)12(14)15/h1-6H,7H2,(H,14,15). The maximum atomic E-state index is 10.8. The van der Waals surface area contributed by atoms with Crippen molar-refractivity contribution in [3.05, 3.63) is 52.4 Å². The van der Waals surface area contributed by atoms with Gasteiger partial charge in [0.05, 0.1) is 5.56 Å². The Bertz CT molecular complexity index is 533. The summed E-state index contributed by atoms with van der Waals surface area (Å²) in [6, 6.07) is 9.87. The highest BCUT2D eigenvalue weighted by Crippen LogP contribution is 2.18. The summed E-state index contributed by atoms with van der Waals surface area (Å²) < 4.78 is 11.3. The molecule has 0 aliphatic rings. The predicted octanol–water partition coefficient (Wildman–Crippen LogP) is 3.32. The van der Waals surface area contributed by atoms with Crippen LogP contribution in [-0.4, -0.2) is 11.1 Å². The molecule has 1 N–H and O–H groups in total. The van der Waals surface area contributed by atoms with Crippen molar-refractivity contribution in [2.45, 2.75) is 6.61 Å². The van der Waals surface area contributed by atoms with E-state index in [4.69, 9.17) is 14.3 Å². The molecule has 0 fully saturated rings. The minimum atomic E-state index is -0.976. The number of ether oxygens (including phenoxy) is 1. The van der Waals surface area contributed by atoms with Gasteiger partial charge in [0.15, 0.2) is 4.67 Å². The Hall–Kier alpha value is -1.75. The average molecular weight is 297 g/mol. The second kappa shape index (κ2) is 5.05. The highest BCUT2D eigenvalue weighted by Gasteiger charge is 2.05. The van der Waals surface area contributed by atoms with Crippen LogP contribution in [0.3, 0.4) is 0 Å². The van der Waals surface area contributed by atoms with Crippen molar-refractivity contribution in [2.75, 3.05) is 0 Å². The highest BCUT2D eigenvalue weighted by molar-refractivity contribution is 9.10. The molecule has 0 aliphatic heterocycles. The predicted molar refractivity (Wildman–Crippen MR) is 64.1 cm³/mol. The van der Waals surface area contributed by atoms with Gasteiger partial charge < -0.3 is 14.3 Å². The largest absolute Gasteiger partial charge is 0.486 e. The van der Waals surface area contributed by atoms with Gasteiger partial charge in [-0.25, -0.2) is 4.79 Å². The number of furan rings is 1. The lowest BCUT2D eigenvalue weighted by Gasteiger charge is -2.04. The number of hydrogen-bond acceptors (Lipinski definition) is 3. The van der Waals surface area contributed by atoms with E-state index >= 15 is 0 Å². The summed E-state index contributed by atoms with van der Waals surface area (Å²) in [5.74, 6) is 0.186. The van der Waals surface area contributed by atoms with Crippen LogP contribution in [0.5, 0.6) is 5.75 Å². The zero-order valence-corrected chi connectivity index (χ0v) is 10.3. The summed E-state index contributed by atoms with van der Waals surface area (Å²) in [7, 11) is 0. The molecule has 0 saturated heterocycles. The third-order valence-corrected chi connectivity index (χ3v) is 2.52. The molecule has 2 rings (SSSR count). The molecular weight excluding hydrogens is 288 g/mol. The van der Waals surface area contributed by atoms with E-state index < -0.39 is 5.97 Å². The summed E-state index contributed by atoms with van der Waals surface area (Å²) >= 11 is 3.19. The van der Waals surface area contributed by atoms with Crippen LogP contribution >= 0.6 is 15.9 Å². The molecule has 1 aromatic heterocycles. The lowest BCUT2D eigenvalue weighted by molar-refractivity contribution is 0.0696. The normalized spacial score (nSPS) is 10.2. The fourth-order valence-electron chi connectivity index (χ4n) is 1.30. The van der Waals surface area contributed by atoms with Crippen LogP contribution in [0.2, 0.25) is 0 Å². The van der Waals surface area contributed by atoms with E-state index in [1.54, 1.807) is 24.3 Å². The first-order valence-corrected chi connectivity index (χ1v) is 5.65. The van der Waals surface area contributed by atoms with Crippen molar-refractivity contribution in [1.29, 1.82) is 0 Å². The van der Waals surface area contributed by atoms with Crippen molar-refractivity contribution in [3.63, 3.8) is 0 Å². The van der Waals surface area contributed by atoms with E-state index in [9.17, 15) is 4.79 Å². The molecule has 0 bridgehead atoms.